The van der Waals surface area contributed by atoms with Crippen molar-refractivity contribution in [2.24, 2.45) is 0 Å². The predicted molar refractivity (Wildman–Crippen MR) is 19.4 cm³/mol. The van der Waals surface area contributed by atoms with E-state index in [0.717, 1.165) is 0 Å². The second-order valence-corrected chi connectivity index (χ2v) is 1.21. The summed E-state index contributed by atoms with van der Waals surface area (Å²) in [4.78, 5) is 0. The molecule has 1 heterocycles. The van der Waals surface area contributed by atoms with Crippen LogP contribution in [-0.4, -0.2) is 12.2 Å². The maximum Gasteiger partial charge on any atom is 0.0842 e. The molecule has 1 nitrogen and oxygen atoms in total. The fourth-order valence-corrected chi connectivity index (χ4v) is 0.179. The summed E-state index contributed by atoms with van der Waals surface area (Å²) in [5, 5.41) is 0. The molecule has 1 heteroatoms. The van der Waals surface area contributed by atoms with Crippen LogP contribution in [0.5, 0.6) is 0 Å². The van der Waals surface area contributed by atoms with Crippen LogP contribution >= 0.6 is 0 Å². The zero-order valence-electron chi connectivity index (χ0n) is 2.98. The second kappa shape index (κ2) is 0.716. The van der Waals surface area contributed by atoms with E-state index in [1.807, 2.05) is 0 Å². The summed E-state index contributed by atoms with van der Waals surface area (Å²) >= 11 is 0. The van der Waals surface area contributed by atoms with Crippen molar-refractivity contribution in [3.63, 3.8) is 0 Å². The highest BCUT2D eigenvalue weighted by molar-refractivity contribution is 4.87. The molecule has 0 saturated carbocycles. The number of hydrogen-bond acceptors (Lipinski definition) is 1. The van der Waals surface area contributed by atoms with E-state index >= 15 is 0 Å². The van der Waals surface area contributed by atoms with E-state index in [9.17, 15) is 0 Å². The molecule has 0 aromatic carbocycles. The third kappa shape index (κ3) is 0.428. The smallest absolute Gasteiger partial charge is 0.0842 e. The Hall–Kier alpha value is -0.0400. The lowest BCUT2D eigenvalue weighted by Gasteiger charge is -1.56. The summed E-state index contributed by atoms with van der Waals surface area (Å²) in [6.45, 7) is 7.09. The minimum absolute atomic E-state index is 0.190. The van der Waals surface area contributed by atoms with Crippen molar-refractivity contribution in [1.82, 2.24) is 0 Å². The van der Waals surface area contributed by atoms with Crippen molar-refractivity contribution < 1.29 is 4.74 Å². The van der Waals surface area contributed by atoms with Gasteiger partial charge in [0.2, 0.25) is 0 Å². The van der Waals surface area contributed by atoms with Gasteiger partial charge in [-0.25, -0.2) is 0 Å². The van der Waals surface area contributed by atoms with Crippen LogP contribution in [0.3, 0.4) is 0 Å². The van der Waals surface area contributed by atoms with Gasteiger partial charge in [-0.2, -0.15) is 0 Å². The highest BCUT2D eigenvalue weighted by Gasteiger charge is 2.28. The standard InChI is InChI=1S/C4H6O/c1-3-4(2)5-3/h3-4H,1-2H2/t3-,4+. The molecule has 0 N–H and O–H groups in total. The van der Waals surface area contributed by atoms with E-state index in [4.69, 9.17) is 4.74 Å². The van der Waals surface area contributed by atoms with Crippen LogP contribution in [0.4, 0.5) is 0 Å². The van der Waals surface area contributed by atoms with Crippen molar-refractivity contribution in [2.75, 3.05) is 0 Å². The van der Waals surface area contributed by atoms with Gasteiger partial charge in [0.05, 0.1) is 12.2 Å². The average molecular weight is 70.1 g/mol. The van der Waals surface area contributed by atoms with E-state index in [1.165, 1.54) is 0 Å². The molecule has 2 radical (unpaired) electrons. The number of ether oxygens (including phenoxy) is 1. The fourth-order valence-electron chi connectivity index (χ4n) is 0.179. The minimum atomic E-state index is 0.190. The van der Waals surface area contributed by atoms with Crippen LogP contribution < -0.4 is 0 Å². The number of epoxide rings is 1. The lowest BCUT2D eigenvalue weighted by atomic mass is 10.4. The molecular weight excluding hydrogens is 64.0 g/mol. The second-order valence-electron chi connectivity index (χ2n) is 1.21. The Labute approximate surface area is 31.9 Å². The molecule has 1 fully saturated rings. The topological polar surface area (TPSA) is 12.5 Å². The summed E-state index contributed by atoms with van der Waals surface area (Å²) in [6, 6.07) is 0. The predicted octanol–water partition coefficient (Wildman–Crippen LogP) is 0.422. The Balaban J connectivity index is 2.20. The van der Waals surface area contributed by atoms with Gasteiger partial charge in [0, 0.05) is 0 Å². The molecule has 0 spiro atoms. The normalized spacial score (nSPS) is 49.2. The van der Waals surface area contributed by atoms with Gasteiger partial charge in [-0.3, -0.25) is 0 Å². The highest BCUT2D eigenvalue weighted by atomic mass is 16.6. The molecule has 0 aromatic heterocycles. The van der Waals surface area contributed by atoms with Gasteiger partial charge in [0.1, 0.15) is 0 Å². The van der Waals surface area contributed by atoms with Crippen molar-refractivity contribution >= 4 is 0 Å². The first kappa shape index (κ1) is 3.16. The van der Waals surface area contributed by atoms with Crippen molar-refractivity contribution in [2.45, 2.75) is 12.2 Å². The van der Waals surface area contributed by atoms with E-state index in [0.29, 0.717) is 0 Å². The van der Waals surface area contributed by atoms with Crippen LogP contribution in [-0.2, 0) is 4.74 Å². The molecule has 0 amide bonds. The molecule has 0 aliphatic carbocycles. The molecular formula is C4H6O. The third-order valence-corrected chi connectivity index (χ3v) is 0.688. The van der Waals surface area contributed by atoms with Crippen LogP contribution in [0.15, 0.2) is 0 Å². The van der Waals surface area contributed by atoms with Gasteiger partial charge >= 0.3 is 0 Å². The van der Waals surface area contributed by atoms with E-state index < -0.39 is 0 Å². The maximum absolute atomic E-state index is 4.69. The first-order valence-corrected chi connectivity index (χ1v) is 1.62. The Morgan fingerprint density at radius 1 is 1.20 bits per heavy atom. The average Bonchev–Trinajstić information content (AvgIpc) is 1.79. The Morgan fingerprint density at radius 3 is 1.40 bits per heavy atom. The third-order valence-electron chi connectivity index (χ3n) is 0.688. The quantitative estimate of drug-likeness (QED) is 0.376. The molecule has 0 bridgehead atoms. The molecule has 2 atom stereocenters. The zero-order valence-corrected chi connectivity index (χ0v) is 2.98. The molecule has 1 aliphatic heterocycles. The fraction of sp³-hybridized carbons (Fsp3) is 0.500. The van der Waals surface area contributed by atoms with Gasteiger partial charge in [0.25, 0.3) is 0 Å². The molecule has 0 unspecified atom stereocenters. The monoisotopic (exact) mass is 70.0 g/mol. The Morgan fingerprint density at radius 2 is 1.40 bits per heavy atom. The van der Waals surface area contributed by atoms with Gasteiger partial charge < -0.3 is 4.74 Å². The van der Waals surface area contributed by atoms with Gasteiger partial charge in [0.15, 0.2) is 0 Å². The van der Waals surface area contributed by atoms with Crippen molar-refractivity contribution in [3.05, 3.63) is 13.8 Å². The van der Waals surface area contributed by atoms with Crippen LogP contribution in [0.1, 0.15) is 0 Å². The van der Waals surface area contributed by atoms with Gasteiger partial charge in [-0.1, -0.05) is 0 Å². The van der Waals surface area contributed by atoms with E-state index in [2.05, 4.69) is 13.8 Å². The van der Waals surface area contributed by atoms with Crippen molar-refractivity contribution in [3.8, 4) is 0 Å². The zero-order chi connectivity index (χ0) is 3.86. The minimum Gasteiger partial charge on any atom is -0.370 e. The summed E-state index contributed by atoms with van der Waals surface area (Å²) in [6.07, 6.45) is 0.380. The van der Waals surface area contributed by atoms with E-state index in [1.54, 1.807) is 0 Å². The maximum atomic E-state index is 4.69. The largest absolute Gasteiger partial charge is 0.370 e. The van der Waals surface area contributed by atoms with Gasteiger partial charge in [-0.15, -0.1) is 0 Å². The number of hydrogen-bond donors (Lipinski definition) is 0. The Kier molecular flexibility index (Phi) is 0.453. The van der Waals surface area contributed by atoms with E-state index in [-0.39, 0.29) is 12.2 Å². The molecule has 5 heavy (non-hydrogen) atoms. The first-order chi connectivity index (χ1) is 2.30. The van der Waals surface area contributed by atoms with Crippen LogP contribution in [0.25, 0.3) is 0 Å². The molecule has 0 aromatic rings. The first-order valence-electron chi connectivity index (χ1n) is 1.62. The molecule has 1 rings (SSSR count). The summed E-state index contributed by atoms with van der Waals surface area (Å²) in [5.74, 6) is 0. The highest BCUT2D eigenvalue weighted by Crippen LogP contribution is 2.17. The van der Waals surface area contributed by atoms with Crippen molar-refractivity contribution in [1.29, 1.82) is 0 Å². The molecule has 1 saturated heterocycles. The Bertz CT molecular complexity index is 36.9. The molecule has 1 aliphatic rings. The summed E-state index contributed by atoms with van der Waals surface area (Å²) < 4.78 is 4.69. The summed E-state index contributed by atoms with van der Waals surface area (Å²) in [7, 11) is 0. The molecule has 28 valence electrons. The SMILES string of the molecule is [CH2][C@@H]1O[C@@H]1[CH2]. The summed E-state index contributed by atoms with van der Waals surface area (Å²) in [5.41, 5.74) is 0. The number of rotatable bonds is 0. The van der Waals surface area contributed by atoms with Crippen LogP contribution in [0, 0.1) is 13.8 Å². The van der Waals surface area contributed by atoms with Gasteiger partial charge in [-0.05, 0) is 13.8 Å². The lowest BCUT2D eigenvalue weighted by Crippen LogP contribution is -1.75. The lowest BCUT2D eigenvalue weighted by molar-refractivity contribution is 0.411. The van der Waals surface area contributed by atoms with Crippen LogP contribution in [0.2, 0.25) is 0 Å².